The molecule has 0 fully saturated rings. The molecule has 0 unspecified atom stereocenters. The molecule has 9 rings (SSSR count). The highest BCUT2D eigenvalue weighted by Crippen LogP contribution is 2.41. The second-order valence-corrected chi connectivity index (χ2v) is 10.6. The predicted molar refractivity (Wildman–Crippen MR) is 179 cm³/mol. The average Bonchev–Trinajstić information content (AvgIpc) is 3.67. The molecule has 0 N–H and O–H groups in total. The van der Waals surface area contributed by atoms with E-state index in [1.807, 2.05) is 114 Å². The lowest BCUT2D eigenvalue weighted by Crippen LogP contribution is -2.07. The summed E-state index contributed by atoms with van der Waals surface area (Å²) in [5, 5.41) is 3.61. The van der Waals surface area contributed by atoms with Gasteiger partial charge in [0.1, 0.15) is 0 Å². The molecule has 0 saturated carbocycles. The van der Waals surface area contributed by atoms with Crippen molar-refractivity contribution in [1.82, 2.24) is 24.1 Å². The molecule has 5 nitrogen and oxygen atoms in total. The lowest BCUT2D eigenvalue weighted by Gasteiger charge is -2.13. The summed E-state index contributed by atoms with van der Waals surface area (Å²) in [7, 11) is 0. The number of para-hydroxylation sites is 3. The maximum Gasteiger partial charge on any atom is 0.238 e. The van der Waals surface area contributed by atoms with Gasteiger partial charge in [0.05, 0.1) is 28.9 Å². The molecule has 3 aromatic heterocycles. The Morgan fingerprint density at radius 2 is 0.909 bits per heavy atom. The lowest BCUT2D eigenvalue weighted by atomic mass is 10.1. The van der Waals surface area contributed by atoms with E-state index in [9.17, 15) is 0 Å². The molecule has 9 aromatic rings. The van der Waals surface area contributed by atoms with E-state index in [1.165, 1.54) is 0 Å². The van der Waals surface area contributed by atoms with Gasteiger partial charge in [-0.05, 0) is 24.2 Å². The van der Waals surface area contributed by atoms with Crippen molar-refractivity contribution in [2.24, 2.45) is 0 Å². The molecule has 3 heterocycles. The number of aromatic nitrogens is 5. The molecule has 0 aliphatic carbocycles. The van der Waals surface area contributed by atoms with Gasteiger partial charge in [0.15, 0.2) is 11.6 Å². The minimum absolute atomic E-state index is 0.0760. The number of hydrogen-bond donors (Lipinski definition) is 0. The first kappa shape index (κ1) is 19.9. The Balaban J connectivity index is 1.50. The highest BCUT2D eigenvalue weighted by Gasteiger charge is 2.23. The molecular formula is C39H25N5. The molecule has 0 saturated heterocycles. The first-order chi connectivity index (χ1) is 23.9. The van der Waals surface area contributed by atoms with Gasteiger partial charge in [-0.3, -0.25) is 4.57 Å². The van der Waals surface area contributed by atoms with Gasteiger partial charge in [-0.15, -0.1) is 0 Å². The summed E-state index contributed by atoms with van der Waals surface area (Å²) in [4.78, 5) is 15.1. The molecular weight excluding hydrogens is 538 g/mol. The molecule has 0 radical (unpaired) electrons. The Hall–Kier alpha value is -6.07. The van der Waals surface area contributed by atoms with Crippen molar-refractivity contribution < 1.29 is 6.85 Å². The maximum absolute atomic E-state index is 9.01. The van der Waals surface area contributed by atoms with Gasteiger partial charge < -0.3 is 4.57 Å². The fourth-order valence-electron chi connectivity index (χ4n) is 6.19. The SMILES string of the molecule is [2H]c1c([2H])c([2H])c(-n2c3ccccc3c3ccc4c5ccccc5n(-c5nc(-c6ccccc6)nc(-c6ccccc6)n5)c4c32)c([2H])c1[2H]. The maximum atomic E-state index is 9.01. The van der Waals surface area contributed by atoms with Crippen LogP contribution in [0.5, 0.6) is 0 Å². The van der Waals surface area contributed by atoms with E-state index in [1.54, 1.807) is 4.57 Å². The largest absolute Gasteiger partial charge is 0.307 e. The Kier molecular flexibility index (Phi) is 4.42. The minimum Gasteiger partial charge on any atom is -0.307 e. The minimum atomic E-state index is -0.439. The lowest BCUT2D eigenvalue weighted by molar-refractivity contribution is 0.953. The summed E-state index contributed by atoms with van der Waals surface area (Å²) in [5.74, 6) is 1.41. The Bertz CT molecular complexity index is 2690. The molecule has 0 amide bonds. The van der Waals surface area contributed by atoms with Crippen LogP contribution in [0, 0.1) is 0 Å². The third kappa shape index (κ3) is 3.69. The summed E-state index contributed by atoms with van der Waals surface area (Å²) in [6.45, 7) is 0. The summed E-state index contributed by atoms with van der Waals surface area (Å²) in [6, 6.07) is 37.6. The zero-order valence-corrected chi connectivity index (χ0v) is 23.3. The van der Waals surface area contributed by atoms with E-state index < -0.39 is 18.1 Å². The van der Waals surface area contributed by atoms with Gasteiger partial charge in [-0.1, -0.05) is 127 Å². The molecule has 0 atom stereocenters. The predicted octanol–water partition coefficient (Wildman–Crippen LogP) is 9.40. The zero-order valence-electron chi connectivity index (χ0n) is 28.3. The van der Waals surface area contributed by atoms with Crippen LogP contribution in [0.4, 0.5) is 0 Å². The number of hydrogen-bond acceptors (Lipinski definition) is 3. The first-order valence-electron chi connectivity index (χ1n) is 16.8. The van der Waals surface area contributed by atoms with Crippen LogP contribution in [0.1, 0.15) is 6.85 Å². The highest BCUT2D eigenvalue weighted by atomic mass is 15.2. The van der Waals surface area contributed by atoms with Crippen molar-refractivity contribution >= 4 is 43.6 Å². The number of benzene rings is 6. The van der Waals surface area contributed by atoms with E-state index in [-0.39, 0.29) is 17.8 Å². The standard InChI is InChI=1S/C39H25N5/c1-4-14-26(15-5-1)37-40-38(27-16-6-2-7-17-27)42-39(41-37)44-34-23-13-11-21-30(34)32-25-24-31-29-20-10-12-22-33(29)43(35(31)36(32)44)28-18-8-3-9-19-28/h1-25H/i3D,8D,9D,18D,19D. The third-order valence-electron chi connectivity index (χ3n) is 8.07. The van der Waals surface area contributed by atoms with Gasteiger partial charge in [-0.25, -0.2) is 4.98 Å². The van der Waals surface area contributed by atoms with Gasteiger partial charge in [0.2, 0.25) is 5.95 Å². The Morgan fingerprint density at radius 1 is 0.432 bits per heavy atom. The average molecular weight is 569 g/mol. The fraction of sp³-hybridized carbons (Fsp3) is 0. The molecule has 0 aliphatic rings. The van der Waals surface area contributed by atoms with E-state index in [4.69, 9.17) is 21.8 Å². The van der Waals surface area contributed by atoms with Gasteiger partial charge in [0.25, 0.3) is 0 Å². The highest BCUT2D eigenvalue weighted by molar-refractivity contribution is 6.23. The van der Waals surface area contributed by atoms with Crippen LogP contribution in [0.25, 0.3) is 78.0 Å². The van der Waals surface area contributed by atoms with Crippen LogP contribution in [0.3, 0.4) is 0 Å². The second-order valence-electron chi connectivity index (χ2n) is 10.6. The number of fused-ring (bicyclic) bond motifs is 7. The van der Waals surface area contributed by atoms with Crippen molar-refractivity contribution in [3.8, 4) is 34.4 Å². The van der Waals surface area contributed by atoms with Crippen LogP contribution >= 0.6 is 0 Å². The molecule has 0 spiro atoms. The molecule has 206 valence electrons. The Morgan fingerprint density at radius 3 is 1.48 bits per heavy atom. The molecule has 5 heteroatoms. The van der Waals surface area contributed by atoms with Gasteiger partial charge >= 0.3 is 0 Å². The second kappa shape index (κ2) is 9.75. The quantitative estimate of drug-likeness (QED) is 0.212. The summed E-state index contributed by atoms with van der Waals surface area (Å²) in [5.41, 5.74) is 4.73. The van der Waals surface area contributed by atoms with Crippen LogP contribution < -0.4 is 0 Å². The summed E-state index contributed by atoms with van der Waals surface area (Å²) < 4.78 is 47.2. The Labute approximate surface area is 260 Å². The van der Waals surface area contributed by atoms with Crippen molar-refractivity contribution in [2.45, 2.75) is 0 Å². The summed E-state index contributed by atoms with van der Waals surface area (Å²) >= 11 is 0. The number of nitrogens with zero attached hydrogens (tertiary/aromatic N) is 5. The van der Waals surface area contributed by atoms with Crippen molar-refractivity contribution in [3.05, 3.63) is 152 Å². The normalized spacial score (nSPS) is 13.2. The van der Waals surface area contributed by atoms with E-state index >= 15 is 0 Å². The number of rotatable bonds is 4. The van der Waals surface area contributed by atoms with Gasteiger partial charge in [-0.2, -0.15) is 9.97 Å². The molecule has 0 bridgehead atoms. The van der Waals surface area contributed by atoms with Crippen LogP contribution in [-0.4, -0.2) is 24.1 Å². The van der Waals surface area contributed by atoms with Crippen LogP contribution in [0.15, 0.2) is 152 Å². The summed E-state index contributed by atoms with van der Waals surface area (Å²) in [6.07, 6.45) is 0. The third-order valence-corrected chi connectivity index (χ3v) is 8.07. The van der Waals surface area contributed by atoms with E-state index in [0.29, 0.717) is 28.6 Å². The smallest absolute Gasteiger partial charge is 0.238 e. The van der Waals surface area contributed by atoms with Crippen LogP contribution in [0.2, 0.25) is 0 Å². The fourth-order valence-corrected chi connectivity index (χ4v) is 6.19. The van der Waals surface area contributed by atoms with E-state index in [0.717, 1.165) is 43.7 Å². The monoisotopic (exact) mass is 568 g/mol. The van der Waals surface area contributed by atoms with Crippen molar-refractivity contribution in [2.75, 3.05) is 0 Å². The molecule has 6 aromatic carbocycles. The van der Waals surface area contributed by atoms with Crippen LogP contribution in [-0.2, 0) is 0 Å². The molecule has 44 heavy (non-hydrogen) atoms. The van der Waals surface area contributed by atoms with Crippen molar-refractivity contribution in [3.63, 3.8) is 0 Å². The molecule has 0 aliphatic heterocycles. The zero-order chi connectivity index (χ0) is 33.4. The van der Waals surface area contributed by atoms with Crippen molar-refractivity contribution in [1.29, 1.82) is 0 Å². The topological polar surface area (TPSA) is 48.5 Å². The van der Waals surface area contributed by atoms with Gasteiger partial charge in [0, 0.05) is 38.4 Å². The first-order valence-corrected chi connectivity index (χ1v) is 14.3. The van der Waals surface area contributed by atoms with E-state index in [2.05, 4.69) is 12.1 Å².